The Bertz CT molecular complexity index is 644. The summed E-state index contributed by atoms with van der Waals surface area (Å²) < 4.78 is 12.3. The van der Waals surface area contributed by atoms with Crippen LogP contribution in [0.3, 0.4) is 0 Å². The van der Waals surface area contributed by atoms with Crippen LogP contribution in [0, 0.1) is 0 Å². The van der Waals surface area contributed by atoms with Crippen LogP contribution in [0.1, 0.15) is 46.6 Å². The predicted molar refractivity (Wildman–Crippen MR) is 88.0 cm³/mol. The fourth-order valence-corrected chi connectivity index (χ4v) is 2.80. The van der Waals surface area contributed by atoms with Crippen molar-refractivity contribution in [2.24, 2.45) is 0 Å². The van der Waals surface area contributed by atoms with E-state index in [9.17, 15) is 0 Å². The maximum Gasteiger partial charge on any atom is 0.494 e. The topological polar surface area (TPSA) is 34.2 Å². The third-order valence-electron chi connectivity index (χ3n) is 4.84. The third-order valence-corrected chi connectivity index (χ3v) is 4.84. The third kappa shape index (κ3) is 2.41. The average Bonchev–Trinajstić information content (AvgIpc) is 2.89. The van der Waals surface area contributed by atoms with Gasteiger partial charge in [-0.15, -0.1) is 0 Å². The number of fused-ring (bicyclic) bond motifs is 1. The maximum absolute atomic E-state index is 6.14. The molecule has 0 saturated carbocycles. The molecule has 0 aliphatic carbocycles. The van der Waals surface area contributed by atoms with Gasteiger partial charge in [0.2, 0.25) is 0 Å². The summed E-state index contributed by atoms with van der Waals surface area (Å²) in [5.41, 5.74) is 3.05. The Balaban J connectivity index is 1.97. The molecule has 0 spiro atoms. The van der Waals surface area contributed by atoms with Gasteiger partial charge in [-0.2, -0.15) is 0 Å². The zero-order valence-electron chi connectivity index (χ0n) is 13.6. The number of hydrogen-bond donors (Lipinski definition) is 1. The van der Waals surface area contributed by atoms with Gasteiger partial charge in [-0.3, -0.25) is 0 Å². The largest absolute Gasteiger partial charge is 0.494 e. The Hall–Kier alpha value is -1.26. The second-order valence-electron chi connectivity index (χ2n) is 6.96. The highest BCUT2D eigenvalue weighted by Gasteiger charge is 2.51. The van der Waals surface area contributed by atoms with Crippen molar-refractivity contribution < 1.29 is 9.31 Å². The summed E-state index contributed by atoms with van der Waals surface area (Å²) in [4.78, 5) is 3.34. The van der Waals surface area contributed by atoms with E-state index in [0.717, 1.165) is 18.3 Å². The first-order valence-corrected chi connectivity index (χ1v) is 7.79. The maximum atomic E-state index is 6.14. The van der Waals surface area contributed by atoms with Gasteiger partial charge in [0.15, 0.2) is 0 Å². The number of benzene rings is 1. The van der Waals surface area contributed by atoms with Crippen LogP contribution >= 0.6 is 0 Å². The van der Waals surface area contributed by atoms with Crippen molar-refractivity contribution in [3.63, 3.8) is 0 Å². The Morgan fingerprint density at radius 3 is 2.38 bits per heavy atom. The average molecular weight is 285 g/mol. The summed E-state index contributed by atoms with van der Waals surface area (Å²) >= 11 is 0. The highest BCUT2D eigenvalue weighted by atomic mass is 16.7. The molecule has 1 fully saturated rings. The molecule has 112 valence electrons. The molecule has 3 nitrogen and oxygen atoms in total. The van der Waals surface area contributed by atoms with Crippen LogP contribution in [0.2, 0.25) is 0 Å². The molecule has 0 unspecified atom stereocenters. The summed E-state index contributed by atoms with van der Waals surface area (Å²) in [7, 11) is -0.288. The van der Waals surface area contributed by atoms with E-state index in [1.807, 2.05) is 0 Å². The van der Waals surface area contributed by atoms with Gasteiger partial charge in [0.1, 0.15) is 0 Å². The molecular formula is C17H24BNO2. The summed E-state index contributed by atoms with van der Waals surface area (Å²) in [5, 5.41) is 1.28. The highest BCUT2D eigenvalue weighted by molar-refractivity contribution is 6.62. The van der Waals surface area contributed by atoms with Crippen molar-refractivity contribution in [3.05, 3.63) is 30.0 Å². The minimum Gasteiger partial charge on any atom is -0.399 e. The number of aromatic nitrogens is 1. The summed E-state index contributed by atoms with van der Waals surface area (Å²) in [6.45, 7) is 10.6. The predicted octanol–water partition coefficient (Wildman–Crippen LogP) is 3.42. The molecule has 0 bridgehead atoms. The zero-order chi connectivity index (χ0) is 15.3. The highest BCUT2D eigenvalue weighted by Crippen LogP contribution is 2.36. The van der Waals surface area contributed by atoms with E-state index < -0.39 is 0 Å². The van der Waals surface area contributed by atoms with Crippen molar-refractivity contribution in [2.75, 3.05) is 0 Å². The first kappa shape index (κ1) is 14.7. The quantitative estimate of drug-likeness (QED) is 0.877. The van der Waals surface area contributed by atoms with Crippen LogP contribution in [-0.2, 0) is 15.7 Å². The van der Waals surface area contributed by atoms with Crippen LogP contribution in [-0.4, -0.2) is 23.3 Å². The van der Waals surface area contributed by atoms with Gasteiger partial charge in [-0.25, -0.2) is 0 Å². The molecule has 2 aromatic rings. The molecule has 0 radical (unpaired) electrons. The van der Waals surface area contributed by atoms with Crippen molar-refractivity contribution in [2.45, 2.75) is 58.7 Å². The fraction of sp³-hybridized carbons (Fsp3) is 0.529. The van der Waals surface area contributed by atoms with E-state index in [1.54, 1.807) is 0 Å². The standard InChI is InChI=1S/C17H24BNO2/c1-6-7-12-11-19-15-9-8-13(10-14(12)15)18-20-16(2,3)17(4,5)21-18/h8-11,19H,6-7H2,1-5H3. The van der Waals surface area contributed by atoms with Crippen molar-refractivity contribution in [3.8, 4) is 0 Å². The molecule has 21 heavy (non-hydrogen) atoms. The molecule has 2 heterocycles. The molecule has 1 aromatic heterocycles. The van der Waals surface area contributed by atoms with Gasteiger partial charge in [0.25, 0.3) is 0 Å². The molecule has 3 rings (SSSR count). The van der Waals surface area contributed by atoms with Crippen molar-refractivity contribution >= 4 is 23.5 Å². The summed E-state index contributed by atoms with van der Waals surface area (Å²) in [5.74, 6) is 0. The smallest absolute Gasteiger partial charge is 0.399 e. The monoisotopic (exact) mass is 285 g/mol. The van der Waals surface area contributed by atoms with Crippen LogP contribution in [0.5, 0.6) is 0 Å². The molecule has 1 N–H and O–H groups in total. The van der Waals surface area contributed by atoms with E-state index >= 15 is 0 Å². The second kappa shape index (κ2) is 4.89. The Kier molecular flexibility index (Phi) is 3.42. The summed E-state index contributed by atoms with van der Waals surface area (Å²) in [6.07, 6.45) is 4.35. The molecular weight excluding hydrogens is 261 g/mol. The summed E-state index contributed by atoms with van der Waals surface area (Å²) in [6, 6.07) is 6.42. The van der Waals surface area contributed by atoms with Gasteiger partial charge < -0.3 is 14.3 Å². The number of nitrogens with one attached hydrogen (secondary N) is 1. The van der Waals surface area contributed by atoms with Crippen LogP contribution in [0.4, 0.5) is 0 Å². The van der Waals surface area contributed by atoms with E-state index in [4.69, 9.17) is 9.31 Å². The molecule has 1 aliphatic heterocycles. The number of H-pyrrole nitrogens is 1. The minimum absolute atomic E-state index is 0.288. The van der Waals surface area contributed by atoms with Gasteiger partial charge in [0.05, 0.1) is 11.2 Å². The van der Waals surface area contributed by atoms with Gasteiger partial charge >= 0.3 is 7.12 Å². The van der Waals surface area contributed by atoms with Crippen molar-refractivity contribution in [1.82, 2.24) is 4.98 Å². The minimum atomic E-state index is -0.295. The fourth-order valence-electron chi connectivity index (χ4n) is 2.80. The Morgan fingerprint density at radius 2 is 1.76 bits per heavy atom. The second-order valence-corrected chi connectivity index (χ2v) is 6.96. The Labute approximate surface area is 127 Å². The lowest BCUT2D eigenvalue weighted by Crippen LogP contribution is -2.41. The molecule has 0 amide bonds. The van der Waals surface area contributed by atoms with Crippen molar-refractivity contribution in [1.29, 1.82) is 0 Å². The SMILES string of the molecule is CCCc1c[nH]c2ccc(B3OC(C)(C)C(C)(C)O3)cc12. The zero-order valence-corrected chi connectivity index (χ0v) is 13.6. The molecule has 1 saturated heterocycles. The van der Waals surface area contributed by atoms with Gasteiger partial charge in [0, 0.05) is 17.1 Å². The first-order valence-electron chi connectivity index (χ1n) is 7.79. The first-order chi connectivity index (χ1) is 9.84. The molecule has 0 atom stereocenters. The number of aryl methyl sites for hydroxylation is 1. The van der Waals surface area contributed by atoms with Crippen LogP contribution in [0.15, 0.2) is 24.4 Å². The number of hydrogen-bond acceptors (Lipinski definition) is 2. The lowest BCUT2D eigenvalue weighted by atomic mass is 9.78. The number of aromatic amines is 1. The van der Waals surface area contributed by atoms with Gasteiger partial charge in [-0.1, -0.05) is 25.5 Å². The number of rotatable bonds is 3. The van der Waals surface area contributed by atoms with Crippen LogP contribution in [0.25, 0.3) is 10.9 Å². The molecule has 1 aromatic carbocycles. The lowest BCUT2D eigenvalue weighted by Gasteiger charge is -2.32. The van der Waals surface area contributed by atoms with Gasteiger partial charge in [-0.05, 0) is 51.2 Å². The lowest BCUT2D eigenvalue weighted by molar-refractivity contribution is 0.00578. The Morgan fingerprint density at radius 1 is 1.10 bits per heavy atom. The molecule has 4 heteroatoms. The normalized spacial score (nSPS) is 20.3. The van der Waals surface area contributed by atoms with E-state index in [2.05, 4.69) is 64.0 Å². The van der Waals surface area contributed by atoms with Crippen LogP contribution < -0.4 is 5.46 Å². The molecule has 1 aliphatic rings. The van der Waals surface area contributed by atoms with E-state index in [1.165, 1.54) is 16.5 Å². The van der Waals surface area contributed by atoms with E-state index in [-0.39, 0.29) is 18.3 Å². The van der Waals surface area contributed by atoms with E-state index in [0.29, 0.717) is 0 Å².